The van der Waals surface area contributed by atoms with Crippen LogP contribution < -0.4 is 4.74 Å². The van der Waals surface area contributed by atoms with Crippen molar-refractivity contribution in [3.63, 3.8) is 0 Å². The smallest absolute Gasteiger partial charge is 0.123 e. The molecule has 158 valence electrons. The number of methoxy groups -OCH3 is 1. The summed E-state index contributed by atoms with van der Waals surface area (Å²) in [5.74, 6) is 0.978. The van der Waals surface area contributed by atoms with Crippen LogP contribution in [0.4, 0.5) is 0 Å². The molecule has 1 nitrogen and oxygen atoms in total. The Bertz CT molecular complexity index is 937. The van der Waals surface area contributed by atoms with Crippen LogP contribution in [0.2, 0.25) is 0 Å². The number of rotatable bonds is 1. The third-order valence-corrected chi connectivity index (χ3v) is 5.07. The molecular weight excluding hydrogens is 352 g/mol. The predicted molar refractivity (Wildman–Crippen MR) is 131 cm³/mol. The highest BCUT2D eigenvalue weighted by atomic mass is 16.5. The Balaban J connectivity index is 0.000000292. The molecule has 0 saturated carbocycles. The van der Waals surface area contributed by atoms with Crippen molar-refractivity contribution in [2.75, 3.05) is 7.11 Å². The Morgan fingerprint density at radius 1 is 0.655 bits per heavy atom. The van der Waals surface area contributed by atoms with Gasteiger partial charge < -0.3 is 4.74 Å². The molecule has 1 heteroatoms. The molecule has 3 rings (SSSR count). The fraction of sp³-hybridized carbons (Fsp3) is 0.429. The van der Waals surface area contributed by atoms with Crippen LogP contribution in [-0.2, 0) is 10.8 Å². The first-order chi connectivity index (χ1) is 12.9. The van der Waals surface area contributed by atoms with E-state index in [1.807, 2.05) is 0 Å². The molecule has 0 aliphatic heterocycles. The minimum atomic E-state index is 0. The van der Waals surface area contributed by atoms with Crippen molar-refractivity contribution < 1.29 is 4.74 Å². The van der Waals surface area contributed by atoms with Gasteiger partial charge in [0, 0.05) is 5.56 Å². The second-order valence-electron chi connectivity index (χ2n) is 9.72. The molecule has 29 heavy (non-hydrogen) atoms. The largest absolute Gasteiger partial charge is 0.496 e. The van der Waals surface area contributed by atoms with Gasteiger partial charge in [-0.05, 0) is 58.7 Å². The van der Waals surface area contributed by atoms with Gasteiger partial charge in [0.2, 0.25) is 0 Å². The van der Waals surface area contributed by atoms with E-state index in [1.165, 1.54) is 33.0 Å². The topological polar surface area (TPSA) is 9.23 Å². The van der Waals surface area contributed by atoms with E-state index in [-0.39, 0.29) is 18.3 Å². The molecule has 0 heterocycles. The Hall–Kier alpha value is -2.28. The number of aryl methyl sites for hydroxylation is 2. The minimum absolute atomic E-state index is 0. The molecule has 0 atom stereocenters. The Morgan fingerprint density at radius 2 is 1.17 bits per heavy atom. The summed E-state index contributed by atoms with van der Waals surface area (Å²) in [6.45, 7) is 17.7. The maximum absolute atomic E-state index is 5.48. The maximum Gasteiger partial charge on any atom is 0.123 e. The third-order valence-electron chi connectivity index (χ3n) is 5.07. The van der Waals surface area contributed by atoms with Gasteiger partial charge in [0.05, 0.1) is 7.11 Å². The van der Waals surface area contributed by atoms with Crippen molar-refractivity contribution in [3.8, 4) is 5.75 Å². The van der Waals surface area contributed by atoms with E-state index in [0.29, 0.717) is 0 Å². The summed E-state index contributed by atoms with van der Waals surface area (Å²) in [6, 6.07) is 19.4. The number of hydrogen-bond acceptors (Lipinski definition) is 1. The zero-order valence-electron chi connectivity index (χ0n) is 19.1. The van der Waals surface area contributed by atoms with Crippen LogP contribution in [-0.4, -0.2) is 7.11 Å². The molecule has 0 saturated heterocycles. The Labute approximate surface area is 179 Å². The summed E-state index contributed by atoms with van der Waals surface area (Å²) in [5, 5.41) is 2.50. The van der Waals surface area contributed by atoms with Crippen molar-refractivity contribution in [1.82, 2.24) is 0 Å². The highest BCUT2D eigenvalue weighted by Crippen LogP contribution is 2.34. The van der Waals surface area contributed by atoms with Crippen molar-refractivity contribution in [2.45, 2.75) is 73.6 Å². The lowest BCUT2D eigenvalue weighted by atomic mass is 9.84. The molecule has 0 fully saturated rings. The monoisotopic (exact) mass is 392 g/mol. The molecule has 0 aliphatic rings. The molecule has 0 radical (unpaired) electrons. The molecule has 0 unspecified atom stereocenters. The molecule has 0 amide bonds. The van der Waals surface area contributed by atoms with Crippen LogP contribution in [0.3, 0.4) is 0 Å². The number of benzene rings is 3. The van der Waals surface area contributed by atoms with Crippen molar-refractivity contribution in [2.24, 2.45) is 0 Å². The van der Waals surface area contributed by atoms with Gasteiger partial charge >= 0.3 is 0 Å². The maximum atomic E-state index is 5.48. The fourth-order valence-corrected chi connectivity index (χ4v) is 3.63. The summed E-state index contributed by atoms with van der Waals surface area (Å²) < 4.78 is 5.48. The van der Waals surface area contributed by atoms with Crippen LogP contribution in [0.25, 0.3) is 10.8 Å². The first-order valence-electron chi connectivity index (χ1n) is 10.1. The van der Waals surface area contributed by atoms with Gasteiger partial charge in [0.1, 0.15) is 5.75 Å². The van der Waals surface area contributed by atoms with E-state index in [1.54, 1.807) is 7.11 Å². The van der Waals surface area contributed by atoms with Crippen LogP contribution in [0.1, 0.15) is 71.2 Å². The van der Waals surface area contributed by atoms with Crippen LogP contribution in [0, 0.1) is 13.8 Å². The van der Waals surface area contributed by atoms with Crippen LogP contribution in [0.5, 0.6) is 5.75 Å². The van der Waals surface area contributed by atoms with E-state index in [4.69, 9.17) is 4.74 Å². The van der Waals surface area contributed by atoms with Crippen molar-refractivity contribution >= 4 is 10.8 Å². The molecular formula is C28H40O. The van der Waals surface area contributed by atoms with Gasteiger partial charge in [0.25, 0.3) is 0 Å². The van der Waals surface area contributed by atoms with Gasteiger partial charge in [0.15, 0.2) is 0 Å². The van der Waals surface area contributed by atoms with Crippen LogP contribution >= 0.6 is 0 Å². The van der Waals surface area contributed by atoms with Gasteiger partial charge in [-0.15, -0.1) is 0 Å². The lowest BCUT2D eigenvalue weighted by Crippen LogP contribution is -2.12. The number of ether oxygens (including phenoxy) is 1. The second kappa shape index (κ2) is 9.48. The summed E-state index contributed by atoms with van der Waals surface area (Å²) in [6.07, 6.45) is 0. The highest BCUT2D eigenvalue weighted by molar-refractivity contribution is 5.85. The Kier molecular flexibility index (Phi) is 8.09. The third kappa shape index (κ3) is 6.35. The lowest BCUT2D eigenvalue weighted by Gasteiger charge is -2.22. The summed E-state index contributed by atoms with van der Waals surface area (Å²) in [7, 11) is 1.74. The summed E-state index contributed by atoms with van der Waals surface area (Å²) in [5.41, 5.74) is 5.84. The standard InChI is InChI=1S/C15H18O.C12H18.CH4/c1-15(2,3)13-9-11-7-5-6-8-12(11)10-14(13)16-4;1-9-6-7-11(10(2)8-9)12(3,4)5;/h5-10H,1-4H3;6-8H,1-5H3;1H4. The average molecular weight is 393 g/mol. The quantitative estimate of drug-likeness (QED) is 0.404. The molecule has 0 aliphatic carbocycles. The molecule has 3 aromatic carbocycles. The van der Waals surface area contributed by atoms with E-state index in [9.17, 15) is 0 Å². The van der Waals surface area contributed by atoms with E-state index in [2.05, 4.69) is 110 Å². The summed E-state index contributed by atoms with van der Waals surface area (Å²) >= 11 is 0. The Morgan fingerprint density at radius 3 is 1.62 bits per heavy atom. The molecule has 0 aromatic heterocycles. The number of hydrogen-bond donors (Lipinski definition) is 0. The van der Waals surface area contributed by atoms with Crippen LogP contribution in [0.15, 0.2) is 54.6 Å². The van der Waals surface area contributed by atoms with E-state index in [0.717, 1.165) is 5.75 Å². The van der Waals surface area contributed by atoms with Crippen molar-refractivity contribution in [1.29, 1.82) is 0 Å². The molecule has 0 spiro atoms. The molecule has 3 aromatic rings. The average Bonchev–Trinajstić information content (AvgIpc) is 2.59. The minimum Gasteiger partial charge on any atom is -0.496 e. The highest BCUT2D eigenvalue weighted by Gasteiger charge is 2.19. The van der Waals surface area contributed by atoms with Gasteiger partial charge in [-0.2, -0.15) is 0 Å². The number of fused-ring (bicyclic) bond motifs is 1. The first-order valence-corrected chi connectivity index (χ1v) is 10.1. The van der Waals surface area contributed by atoms with Crippen molar-refractivity contribution in [3.05, 3.63) is 76.9 Å². The molecule has 0 bridgehead atoms. The van der Waals surface area contributed by atoms with Gasteiger partial charge in [-0.1, -0.05) is 97.0 Å². The first kappa shape index (κ1) is 24.8. The van der Waals surface area contributed by atoms with E-state index < -0.39 is 0 Å². The molecule has 0 N–H and O–H groups in total. The normalized spacial score (nSPS) is 11.3. The summed E-state index contributed by atoms with van der Waals surface area (Å²) in [4.78, 5) is 0. The lowest BCUT2D eigenvalue weighted by molar-refractivity contribution is 0.398. The zero-order valence-corrected chi connectivity index (χ0v) is 19.1. The zero-order chi connectivity index (χ0) is 21.1. The predicted octanol–water partition coefficient (Wildman–Crippen LogP) is 8.38. The SMILES string of the molecule is C.COc1cc2ccccc2cc1C(C)(C)C.Cc1ccc(C(C)(C)C)c(C)c1. The van der Waals surface area contributed by atoms with Gasteiger partial charge in [-0.3, -0.25) is 0 Å². The fourth-order valence-electron chi connectivity index (χ4n) is 3.63. The van der Waals surface area contributed by atoms with E-state index >= 15 is 0 Å². The second-order valence-corrected chi connectivity index (χ2v) is 9.72. The van der Waals surface area contributed by atoms with Gasteiger partial charge in [-0.25, -0.2) is 0 Å².